The Morgan fingerprint density at radius 1 is 1.06 bits per heavy atom. The van der Waals surface area contributed by atoms with Crippen molar-refractivity contribution in [2.45, 2.75) is 51.0 Å². The number of amides is 2. The molecule has 10 heteroatoms. The zero-order valence-electron chi connectivity index (χ0n) is 18.3. The van der Waals surface area contributed by atoms with Gasteiger partial charge in [0.05, 0.1) is 16.6 Å². The molecular weight excluding hydrogens is 434 g/mol. The van der Waals surface area contributed by atoms with Crippen LogP contribution in [0.1, 0.15) is 60.0 Å². The highest BCUT2D eigenvalue weighted by Crippen LogP contribution is 2.12. The predicted molar refractivity (Wildman–Crippen MR) is 118 cm³/mol. The van der Waals surface area contributed by atoms with Crippen LogP contribution in [0.2, 0.25) is 0 Å². The summed E-state index contributed by atoms with van der Waals surface area (Å²) in [5, 5.41) is 2.79. The van der Waals surface area contributed by atoms with Crippen LogP contribution in [0.15, 0.2) is 47.5 Å². The maximum absolute atomic E-state index is 12.5. The lowest BCUT2D eigenvalue weighted by Gasteiger charge is -2.09. The number of sulfonamides is 1. The Bertz CT molecular complexity index is 1050. The molecule has 32 heavy (non-hydrogen) atoms. The maximum atomic E-state index is 12.5. The van der Waals surface area contributed by atoms with E-state index in [9.17, 15) is 22.8 Å². The van der Waals surface area contributed by atoms with Crippen LogP contribution in [0.3, 0.4) is 0 Å². The topological polar surface area (TPSA) is 132 Å². The molecule has 0 spiro atoms. The molecule has 0 atom stereocenters. The van der Waals surface area contributed by atoms with Gasteiger partial charge in [0.25, 0.3) is 15.9 Å². The second kappa shape index (κ2) is 11.4. The molecule has 0 saturated carbocycles. The van der Waals surface area contributed by atoms with Gasteiger partial charge < -0.3 is 10.1 Å². The van der Waals surface area contributed by atoms with Gasteiger partial charge in [0.1, 0.15) is 5.69 Å². The van der Waals surface area contributed by atoms with E-state index in [2.05, 4.69) is 10.3 Å². The summed E-state index contributed by atoms with van der Waals surface area (Å²) in [6, 6.07) is 8.62. The van der Waals surface area contributed by atoms with Gasteiger partial charge in [0.2, 0.25) is 5.91 Å². The van der Waals surface area contributed by atoms with Crippen LogP contribution in [0, 0.1) is 0 Å². The SMILES string of the molecule is CCCC(=O)NCCc1ccc(S(=O)(=O)NC(=O)c2ccc(C(=O)OC(C)C)nc2)cc1. The van der Waals surface area contributed by atoms with Crippen molar-refractivity contribution < 1.29 is 27.5 Å². The number of pyridine rings is 1. The molecule has 2 N–H and O–H groups in total. The summed E-state index contributed by atoms with van der Waals surface area (Å²) >= 11 is 0. The van der Waals surface area contributed by atoms with Gasteiger partial charge in [-0.05, 0) is 56.5 Å². The number of carbonyl (C=O) groups is 3. The quantitative estimate of drug-likeness (QED) is 0.519. The fourth-order valence-electron chi connectivity index (χ4n) is 2.66. The molecule has 2 aromatic rings. The molecule has 0 aliphatic heterocycles. The number of hydrogen-bond acceptors (Lipinski definition) is 7. The zero-order chi connectivity index (χ0) is 23.7. The molecule has 1 aromatic carbocycles. The van der Waals surface area contributed by atoms with Gasteiger partial charge >= 0.3 is 5.97 Å². The summed E-state index contributed by atoms with van der Waals surface area (Å²) in [4.78, 5) is 39.4. The monoisotopic (exact) mass is 461 g/mol. The van der Waals surface area contributed by atoms with Crippen molar-refractivity contribution in [3.63, 3.8) is 0 Å². The van der Waals surface area contributed by atoms with Gasteiger partial charge in [-0.1, -0.05) is 19.1 Å². The first kappa shape index (κ1) is 25.0. The molecule has 1 aromatic heterocycles. The number of rotatable bonds is 10. The van der Waals surface area contributed by atoms with E-state index in [1.165, 1.54) is 24.3 Å². The van der Waals surface area contributed by atoms with E-state index in [4.69, 9.17) is 4.74 Å². The maximum Gasteiger partial charge on any atom is 0.357 e. The van der Waals surface area contributed by atoms with Crippen LogP contribution in [0.25, 0.3) is 0 Å². The van der Waals surface area contributed by atoms with Gasteiger partial charge in [-0.15, -0.1) is 0 Å². The largest absolute Gasteiger partial charge is 0.458 e. The molecule has 0 radical (unpaired) electrons. The highest BCUT2D eigenvalue weighted by Gasteiger charge is 2.20. The molecule has 0 bridgehead atoms. The fourth-order valence-corrected chi connectivity index (χ4v) is 3.63. The number of hydrogen-bond donors (Lipinski definition) is 2. The highest BCUT2D eigenvalue weighted by atomic mass is 32.2. The second-order valence-corrected chi connectivity index (χ2v) is 9.00. The van der Waals surface area contributed by atoms with Gasteiger partial charge in [-0.3, -0.25) is 9.59 Å². The standard InChI is InChI=1S/C22H27N3O6S/c1-4-5-20(26)23-13-12-16-6-9-18(10-7-16)32(29,30)25-21(27)17-8-11-19(24-14-17)22(28)31-15(2)3/h6-11,14-15H,4-5,12-13H2,1-3H3,(H,23,26)(H,25,27). The molecule has 1 heterocycles. The van der Waals surface area contributed by atoms with Crippen molar-refractivity contribution in [1.29, 1.82) is 0 Å². The smallest absolute Gasteiger partial charge is 0.357 e. The summed E-state index contributed by atoms with van der Waals surface area (Å²) in [5.41, 5.74) is 0.842. The lowest BCUT2D eigenvalue weighted by molar-refractivity contribution is -0.121. The van der Waals surface area contributed by atoms with Crippen molar-refractivity contribution in [1.82, 2.24) is 15.0 Å². The van der Waals surface area contributed by atoms with E-state index in [0.717, 1.165) is 18.2 Å². The molecule has 0 fully saturated rings. The van der Waals surface area contributed by atoms with Gasteiger partial charge in [0.15, 0.2) is 0 Å². The van der Waals surface area contributed by atoms with E-state index < -0.39 is 21.9 Å². The molecule has 0 saturated heterocycles. The van der Waals surface area contributed by atoms with Gasteiger partial charge in [-0.2, -0.15) is 0 Å². The number of ether oxygens (including phenoxy) is 1. The third-order valence-corrected chi connectivity index (χ3v) is 5.60. The number of nitrogens with zero attached hydrogens (tertiary/aromatic N) is 1. The first-order valence-electron chi connectivity index (χ1n) is 10.2. The van der Waals surface area contributed by atoms with Crippen molar-refractivity contribution in [3.05, 3.63) is 59.4 Å². The Morgan fingerprint density at radius 3 is 2.31 bits per heavy atom. The van der Waals surface area contributed by atoms with Crippen LogP contribution in [-0.2, 0) is 26.0 Å². The normalized spacial score (nSPS) is 11.1. The number of nitrogens with one attached hydrogen (secondary N) is 2. The average Bonchev–Trinajstić information content (AvgIpc) is 2.73. The lowest BCUT2D eigenvalue weighted by Crippen LogP contribution is -2.30. The third-order valence-electron chi connectivity index (χ3n) is 4.25. The summed E-state index contributed by atoms with van der Waals surface area (Å²) < 4.78 is 32.0. The van der Waals surface area contributed by atoms with Crippen LogP contribution >= 0.6 is 0 Å². The minimum atomic E-state index is -4.10. The Hall–Kier alpha value is -3.27. The van der Waals surface area contributed by atoms with Crippen molar-refractivity contribution in [2.24, 2.45) is 0 Å². The van der Waals surface area contributed by atoms with E-state index >= 15 is 0 Å². The Balaban J connectivity index is 1.97. The molecular formula is C22H27N3O6S. The first-order valence-corrected chi connectivity index (χ1v) is 11.7. The number of carbonyl (C=O) groups excluding carboxylic acids is 3. The van der Waals surface area contributed by atoms with E-state index in [1.807, 2.05) is 11.6 Å². The minimum absolute atomic E-state index is 0.0135. The van der Waals surface area contributed by atoms with Gasteiger partial charge in [0, 0.05) is 19.2 Å². The molecule has 0 aliphatic carbocycles. The van der Waals surface area contributed by atoms with Gasteiger partial charge in [-0.25, -0.2) is 22.9 Å². The molecule has 172 valence electrons. The number of esters is 1. The van der Waals surface area contributed by atoms with Crippen molar-refractivity contribution in [3.8, 4) is 0 Å². The molecule has 9 nitrogen and oxygen atoms in total. The number of benzene rings is 1. The zero-order valence-corrected chi connectivity index (χ0v) is 19.1. The summed E-state index contributed by atoms with van der Waals surface area (Å²) in [5.74, 6) is -1.53. The van der Waals surface area contributed by atoms with Crippen LogP contribution in [0.5, 0.6) is 0 Å². The second-order valence-electron chi connectivity index (χ2n) is 7.31. The van der Waals surface area contributed by atoms with Crippen LogP contribution in [0.4, 0.5) is 0 Å². The first-order chi connectivity index (χ1) is 15.1. The Kier molecular flexibility index (Phi) is 8.89. The summed E-state index contributed by atoms with van der Waals surface area (Å²) in [7, 11) is -4.10. The minimum Gasteiger partial charge on any atom is -0.458 e. The Morgan fingerprint density at radius 2 is 1.75 bits per heavy atom. The summed E-state index contributed by atoms with van der Waals surface area (Å²) in [6.45, 7) is 5.77. The van der Waals surface area contributed by atoms with Crippen LogP contribution < -0.4 is 10.0 Å². The molecule has 2 rings (SSSR count). The van der Waals surface area contributed by atoms with Crippen LogP contribution in [-0.4, -0.2) is 43.8 Å². The fraction of sp³-hybridized carbons (Fsp3) is 0.364. The van der Waals surface area contributed by atoms with Crippen molar-refractivity contribution >= 4 is 27.8 Å². The number of aromatic nitrogens is 1. The lowest BCUT2D eigenvalue weighted by atomic mass is 10.1. The Labute approximate surface area is 187 Å². The average molecular weight is 462 g/mol. The predicted octanol–water partition coefficient (Wildman–Crippen LogP) is 2.22. The van der Waals surface area contributed by atoms with E-state index in [1.54, 1.807) is 26.0 Å². The summed E-state index contributed by atoms with van der Waals surface area (Å²) in [6.07, 6.45) is 2.59. The van der Waals surface area contributed by atoms with E-state index in [0.29, 0.717) is 19.4 Å². The van der Waals surface area contributed by atoms with Crippen molar-refractivity contribution in [2.75, 3.05) is 6.54 Å². The molecule has 0 aliphatic rings. The third kappa shape index (κ3) is 7.45. The molecule has 2 amide bonds. The molecule has 0 unspecified atom stereocenters. The highest BCUT2D eigenvalue weighted by molar-refractivity contribution is 7.90. The van der Waals surface area contributed by atoms with E-state index in [-0.39, 0.29) is 28.2 Å².